The van der Waals surface area contributed by atoms with E-state index in [0.29, 0.717) is 6.04 Å². The average molecular weight is 257 g/mol. The number of hydrogen-bond acceptors (Lipinski definition) is 3. The number of aryl methyl sites for hydroxylation is 1. The molecule has 3 rings (SSSR count). The Bertz CT molecular complexity index is 536. The van der Waals surface area contributed by atoms with Crippen molar-refractivity contribution >= 4 is 0 Å². The first-order valence-corrected chi connectivity index (χ1v) is 6.72. The Morgan fingerprint density at radius 1 is 1.42 bits per heavy atom. The molecule has 1 aliphatic carbocycles. The molecule has 0 aliphatic heterocycles. The standard InChI is InChI=1S/C15H19N3O/c1-19-15-5-3-12-2-4-14(6-13(12)7-15)16-8-11-9-17-18-10-11/h3,5,7,9-10,14,16H,2,4,6,8H2,1H3,(H,17,18). The third-order valence-corrected chi connectivity index (χ3v) is 3.79. The van der Waals surface area contributed by atoms with E-state index in [4.69, 9.17) is 4.74 Å². The second kappa shape index (κ2) is 5.45. The second-order valence-electron chi connectivity index (χ2n) is 5.06. The summed E-state index contributed by atoms with van der Waals surface area (Å²) in [5, 5.41) is 10.4. The summed E-state index contributed by atoms with van der Waals surface area (Å²) < 4.78 is 5.30. The van der Waals surface area contributed by atoms with Gasteiger partial charge in [-0.3, -0.25) is 5.10 Å². The fourth-order valence-corrected chi connectivity index (χ4v) is 2.67. The zero-order valence-corrected chi connectivity index (χ0v) is 11.1. The molecule has 0 fully saturated rings. The van der Waals surface area contributed by atoms with E-state index >= 15 is 0 Å². The summed E-state index contributed by atoms with van der Waals surface area (Å²) in [5.41, 5.74) is 4.08. The average Bonchev–Trinajstić information content (AvgIpc) is 2.97. The molecule has 2 N–H and O–H groups in total. The second-order valence-corrected chi connectivity index (χ2v) is 5.06. The minimum absolute atomic E-state index is 0.537. The van der Waals surface area contributed by atoms with E-state index in [1.54, 1.807) is 7.11 Å². The Morgan fingerprint density at radius 3 is 3.16 bits per heavy atom. The number of hydrogen-bond donors (Lipinski definition) is 2. The van der Waals surface area contributed by atoms with Gasteiger partial charge in [0.1, 0.15) is 5.75 Å². The lowest BCUT2D eigenvalue weighted by Crippen LogP contribution is -2.34. The first kappa shape index (κ1) is 12.2. The van der Waals surface area contributed by atoms with Gasteiger partial charge in [0.05, 0.1) is 13.3 Å². The minimum atomic E-state index is 0.537. The molecule has 1 aromatic carbocycles. The molecule has 0 amide bonds. The number of methoxy groups -OCH3 is 1. The van der Waals surface area contributed by atoms with E-state index in [9.17, 15) is 0 Å². The van der Waals surface area contributed by atoms with Gasteiger partial charge in [-0.25, -0.2) is 0 Å². The SMILES string of the molecule is COc1ccc2c(c1)CC(NCc1cn[nH]c1)CC2. The Hall–Kier alpha value is -1.81. The molecule has 4 heteroatoms. The van der Waals surface area contributed by atoms with Crippen LogP contribution in [0.1, 0.15) is 23.1 Å². The molecular formula is C15H19N3O. The number of rotatable bonds is 4. The van der Waals surface area contributed by atoms with E-state index in [1.165, 1.54) is 23.1 Å². The number of fused-ring (bicyclic) bond motifs is 1. The van der Waals surface area contributed by atoms with Crippen LogP contribution in [0.2, 0.25) is 0 Å². The zero-order valence-electron chi connectivity index (χ0n) is 11.1. The van der Waals surface area contributed by atoms with Crippen molar-refractivity contribution in [1.29, 1.82) is 0 Å². The molecule has 0 saturated heterocycles. The highest BCUT2D eigenvalue weighted by atomic mass is 16.5. The summed E-state index contributed by atoms with van der Waals surface area (Å²) in [6, 6.07) is 6.95. The molecule has 2 aromatic rings. The number of benzene rings is 1. The molecule has 100 valence electrons. The van der Waals surface area contributed by atoms with Gasteiger partial charge in [-0.2, -0.15) is 5.10 Å². The summed E-state index contributed by atoms with van der Waals surface area (Å²) in [6.07, 6.45) is 7.21. The van der Waals surface area contributed by atoms with Crippen LogP contribution in [0.4, 0.5) is 0 Å². The van der Waals surface area contributed by atoms with Gasteiger partial charge >= 0.3 is 0 Å². The normalized spacial score (nSPS) is 18.1. The predicted octanol–water partition coefficient (Wildman–Crippen LogP) is 2.07. The van der Waals surface area contributed by atoms with Crippen molar-refractivity contribution in [3.63, 3.8) is 0 Å². The van der Waals surface area contributed by atoms with E-state index < -0.39 is 0 Å². The molecule has 0 spiro atoms. The highest BCUT2D eigenvalue weighted by molar-refractivity contribution is 5.37. The Labute approximate surface area is 113 Å². The van der Waals surface area contributed by atoms with Crippen LogP contribution in [0.3, 0.4) is 0 Å². The molecule has 19 heavy (non-hydrogen) atoms. The maximum absolute atomic E-state index is 5.30. The summed E-state index contributed by atoms with van der Waals surface area (Å²) in [7, 11) is 1.72. The van der Waals surface area contributed by atoms with Gasteiger partial charge in [0.15, 0.2) is 0 Å². The van der Waals surface area contributed by atoms with Crippen LogP contribution in [0.15, 0.2) is 30.6 Å². The maximum atomic E-state index is 5.30. The summed E-state index contributed by atoms with van der Waals surface area (Å²) in [5.74, 6) is 0.953. The molecular weight excluding hydrogens is 238 g/mol. The summed E-state index contributed by atoms with van der Waals surface area (Å²) >= 11 is 0. The van der Waals surface area contributed by atoms with E-state index in [2.05, 4.69) is 33.7 Å². The number of nitrogens with one attached hydrogen (secondary N) is 2. The van der Waals surface area contributed by atoms with Crippen molar-refractivity contribution in [1.82, 2.24) is 15.5 Å². The first-order chi connectivity index (χ1) is 9.35. The molecule has 4 nitrogen and oxygen atoms in total. The van der Waals surface area contributed by atoms with Crippen LogP contribution in [0, 0.1) is 0 Å². The van der Waals surface area contributed by atoms with Crippen molar-refractivity contribution in [3.8, 4) is 5.75 Å². The van der Waals surface area contributed by atoms with Crippen molar-refractivity contribution < 1.29 is 4.74 Å². The molecule has 0 bridgehead atoms. The van der Waals surface area contributed by atoms with Crippen LogP contribution in [0.5, 0.6) is 5.75 Å². The van der Waals surface area contributed by atoms with Crippen molar-refractivity contribution in [2.24, 2.45) is 0 Å². The van der Waals surface area contributed by atoms with E-state index in [1.807, 2.05) is 12.4 Å². The van der Waals surface area contributed by atoms with Crippen LogP contribution in [0.25, 0.3) is 0 Å². The Balaban J connectivity index is 1.64. The van der Waals surface area contributed by atoms with Gasteiger partial charge in [-0.05, 0) is 42.5 Å². The van der Waals surface area contributed by atoms with E-state index in [-0.39, 0.29) is 0 Å². The molecule has 1 aliphatic rings. The number of ether oxygens (including phenoxy) is 1. The van der Waals surface area contributed by atoms with E-state index in [0.717, 1.165) is 25.1 Å². The lowest BCUT2D eigenvalue weighted by molar-refractivity contribution is 0.411. The topological polar surface area (TPSA) is 49.9 Å². The van der Waals surface area contributed by atoms with Gasteiger partial charge in [-0.1, -0.05) is 6.07 Å². The third-order valence-electron chi connectivity index (χ3n) is 3.79. The van der Waals surface area contributed by atoms with Gasteiger partial charge in [0.2, 0.25) is 0 Å². The first-order valence-electron chi connectivity index (χ1n) is 6.72. The van der Waals surface area contributed by atoms with Crippen LogP contribution < -0.4 is 10.1 Å². The van der Waals surface area contributed by atoms with Gasteiger partial charge in [0, 0.05) is 24.3 Å². The van der Waals surface area contributed by atoms with Crippen molar-refractivity contribution in [2.75, 3.05) is 7.11 Å². The molecule has 1 unspecified atom stereocenters. The summed E-state index contributed by atoms with van der Waals surface area (Å²) in [6.45, 7) is 0.875. The van der Waals surface area contributed by atoms with Crippen LogP contribution in [-0.4, -0.2) is 23.3 Å². The lowest BCUT2D eigenvalue weighted by Gasteiger charge is -2.25. The monoisotopic (exact) mass is 257 g/mol. The highest BCUT2D eigenvalue weighted by Crippen LogP contribution is 2.25. The van der Waals surface area contributed by atoms with Crippen LogP contribution in [-0.2, 0) is 19.4 Å². The fourth-order valence-electron chi connectivity index (χ4n) is 2.67. The maximum Gasteiger partial charge on any atom is 0.119 e. The predicted molar refractivity (Wildman–Crippen MR) is 74.2 cm³/mol. The molecule has 1 atom stereocenters. The number of nitrogens with zero attached hydrogens (tertiary/aromatic N) is 1. The Kier molecular flexibility index (Phi) is 3.51. The number of H-pyrrole nitrogens is 1. The molecule has 1 aromatic heterocycles. The number of aromatic amines is 1. The van der Waals surface area contributed by atoms with Gasteiger partial charge in [-0.15, -0.1) is 0 Å². The number of aromatic nitrogens is 2. The highest BCUT2D eigenvalue weighted by Gasteiger charge is 2.18. The van der Waals surface area contributed by atoms with Crippen molar-refractivity contribution in [2.45, 2.75) is 31.8 Å². The lowest BCUT2D eigenvalue weighted by atomic mass is 9.88. The molecule has 0 saturated carbocycles. The fraction of sp³-hybridized carbons (Fsp3) is 0.400. The van der Waals surface area contributed by atoms with Crippen LogP contribution >= 0.6 is 0 Å². The Morgan fingerprint density at radius 2 is 2.37 bits per heavy atom. The van der Waals surface area contributed by atoms with Crippen molar-refractivity contribution in [3.05, 3.63) is 47.3 Å². The smallest absolute Gasteiger partial charge is 0.119 e. The van der Waals surface area contributed by atoms with Gasteiger partial charge < -0.3 is 10.1 Å². The zero-order chi connectivity index (χ0) is 13.1. The summed E-state index contributed by atoms with van der Waals surface area (Å²) in [4.78, 5) is 0. The third kappa shape index (κ3) is 2.79. The minimum Gasteiger partial charge on any atom is -0.497 e. The van der Waals surface area contributed by atoms with Gasteiger partial charge in [0.25, 0.3) is 0 Å². The quantitative estimate of drug-likeness (QED) is 0.881. The molecule has 0 radical (unpaired) electrons. The molecule has 1 heterocycles. The largest absolute Gasteiger partial charge is 0.497 e.